The van der Waals surface area contributed by atoms with Crippen LogP contribution in [0.3, 0.4) is 0 Å². The second-order valence-electron chi connectivity index (χ2n) is 7.24. The van der Waals surface area contributed by atoms with Crippen molar-refractivity contribution < 1.29 is 14.0 Å². The van der Waals surface area contributed by atoms with E-state index in [1.165, 1.54) is 23.5 Å². The maximum absolute atomic E-state index is 13.1. The van der Waals surface area contributed by atoms with Crippen molar-refractivity contribution in [1.82, 2.24) is 9.80 Å². The van der Waals surface area contributed by atoms with E-state index < -0.39 is 0 Å². The highest BCUT2D eigenvalue weighted by Gasteiger charge is 2.31. The monoisotopic (exact) mass is 386 g/mol. The fourth-order valence-corrected chi connectivity index (χ4v) is 4.95. The minimum absolute atomic E-state index is 0.0526. The van der Waals surface area contributed by atoms with Gasteiger partial charge in [-0.15, -0.1) is 11.3 Å². The predicted molar refractivity (Wildman–Crippen MR) is 104 cm³/mol. The van der Waals surface area contributed by atoms with Crippen LogP contribution in [0.2, 0.25) is 0 Å². The molecule has 2 aromatic rings. The first-order valence-electron chi connectivity index (χ1n) is 9.56. The Morgan fingerprint density at radius 3 is 2.44 bits per heavy atom. The van der Waals surface area contributed by atoms with Crippen molar-refractivity contribution in [2.75, 3.05) is 19.6 Å². The van der Waals surface area contributed by atoms with Crippen molar-refractivity contribution in [3.63, 3.8) is 0 Å². The largest absolute Gasteiger partial charge is 0.340 e. The maximum atomic E-state index is 13.1. The van der Waals surface area contributed by atoms with Gasteiger partial charge < -0.3 is 9.80 Å². The quantitative estimate of drug-likeness (QED) is 0.794. The van der Waals surface area contributed by atoms with Crippen LogP contribution in [-0.4, -0.2) is 47.3 Å². The summed E-state index contributed by atoms with van der Waals surface area (Å²) in [6.07, 6.45) is 4.47. The molecule has 4 rings (SSSR count). The summed E-state index contributed by atoms with van der Waals surface area (Å²) in [6, 6.07) is 10.4. The first-order valence-corrected chi connectivity index (χ1v) is 10.4. The minimum atomic E-state index is -0.262. The van der Waals surface area contributed by atoms with E-state index in [9.17, 15) is 14.0 Å². The minimum Gasteiger partial charge on any atom is -0.340 e. The van der Waals surface area contributed by atoms with Gasteiger partial charge in [0.2, 0.25) is 5.91 Å². The molecular weight excluding hydrogens is 363 g/mol. The van der Waals surface area contributed by atoms with Crippen molar-refractivity contribution in [3.8, 4) is 10.4 Å². The number of rotatable bonds is 3. The molecule has 0 unspecified atom stereocenters. The van der Waals surface area contributed by atoms with Gasteiger partial charge in [0.1, 0.15) is 5.82 Å². The molecular formula is C21H23FN2O2S. The van der Waals surface area contributed by atoms with Gasteiger partial charge in [0.05, 0.1) is 4.88 Å². The van der Waals surface area contributed by atoms with E-state index in [2.05, 4.69) is 0 Å². The first kappa shape index (κ1) is 18.2. The third-order valence-corrected chi connectivity index (χ3v) is 6.62. The molecule has 0 spiro atoms. The summed E-state index contributed by atoms with van der Waals surface area (Å²) in [5.74, 6) is 0.0617. The maximum Gasteiger partial charge on any atom is 0.263 e. The van der Waals surface area contributed by atoms with E-state index in [0.29, 0.717) is 24.4 Å². The molecule has 1 aromatic carbocycles. The highest BCUT2D eigenvalue weighted by molar-refractivity contribution is 7.17. The topological polar surface area (TPSA) is 40.6 Å². The number of nitrogens with zero attached hydrogens (tertiary/aromatic N) is 2. The predicted octanol–water partition coefficient (Wildman–Crippen LogP) is 4.17. The van der Waals surface area contributed by atoms with Gasteiger partial charge in [-0.3, -0.25) is 9.59 Å². The van der Waals surface area contributed by atoms with Crippen LogP contribution in [0.5, 0.6) is 0 Å². The Kier molecular flexibility index (Phi) is 5.25. The van der Waals surface area contributed by atoms with Crippen LogP contribution in [0.25, 0.3) is 10.4 Å². The van der Waals surface area contributed by atoms with Crippen LogP contribution in [0.15, 0.2) is 36.4 Å². The Bertz CT molecular complexity index is 825. The standard InChI is InChI=1S/C21H23FN2O2S/c22-16-6-4-15(5-7-16)18-8-9-19(27-18)21(26)23-13-10-17(11-14-23)24-12-2-1-3-20(24)25/h4-9,17H,1-3,10-14H2. The molecule has 0 bridgehead atoms. The van der Waals surface area contributed by atoms with E-state index in [-0.39, 0.29) is 23.7 Å². The van der Waals surface area contributed by atoms with Gasteiger partial charge >= 0.3 is 0 Å². The number of carbonyl (C=O) groups is 2. The summed E-state index contributed by atoms with van der Waals surface area (Å²) < 4.78 is 13.1. The third kappa shape index (κ3) is 3.90. The van der Waals surface area contributed by atoms with Crippen LogP contribution in [0.4, 0.5) is 4.39 Å². The molecule has 142 valence electrons. The van der Waals surface area contributed by atoms with E-state index >= 15 is 0 Å². The lowest BCUT2D eigenvalue weighted by Gasteiger charge is -2.40. The van der Waals surface area contributed by atoms with E-state index in [4.69, 9.17) is 0 Å². The second-order valence-corrected chi connectivity index (χ2v) is 8.32. The molecule has 0 aliphatic carbocycles. The van der Waals surface area contributed by atoms with Crippen molar-refractivity contribution in [2.45, 2.75) is 38.1 Å². The molecule has 0 N–H and O–H groups in total. The lowest BCUT2D eigenvalue weighted by Crippen LogP contribution is -2.50. The van der Waals surface area contributed by atoms with Crippen LogP contribution in [0, 0.1) is 5.82 Å². The molecule has 0 saturated carbocycles. The van der Waals surface area contributed by atoms with Gasteiger partial charge in [-0.2, -0.15) is 0 Å². The highest BCUT2D eigenvalue weighted by Crippen LogP contribution is 2.30. The summed E-state index contributed by atoms with van der Waals surface area (Å²) >= 11 is 1.44. The average Bonchev–Trinajstić information content (AvgIpc) is 3.19. The van der Waals surface area contributed by atoms with Gasteiger partial charge in [-0.05, 0) is 55.5 Å². The number of hydrogen-bond donors (Lipinski definition) is 0. The Morgan fingerprint density at radius 2 is 1.74 bits per heavy atom. The van der Waals surface area contributed by atoms with Crippen LogP contribution in [-0.2, 0) is 4.79 Å². The number of amides is 2. The lowest BCUT2D eigenvalue weighted by atomic mass is 9.99. The smallest absolute Gasteiger partial charge is 0.263 e. The van der Waals surface area contributed by atoms with Crippen molar-refractivity contribution in [3.05, 3.63) is 47.1 Å². The SMILES string of the molecule is O=C(c1ccc(-c2ccc(F)cc2)s1)N1CCC(N2CCCCC2=O)CC1. The summed E-state index contributed by atoms with van der Waals surface area (Å²) in [5, 5.41) is 0. The molecule has 2 aliphatic heterocycles. The molecule has 0 atom stereocenters. The van der Waals surface area contributed by atoms with Gasteiger partial charge in [0.25, 0.3) is 5.91 Å². The van der Waals surface area contributed by atoms with Crippen molar-refractivity contribution in [1.29, 1.82) is 0 Å². The molecule has 4 nitrogen and oxygen atoms in total. The highest BCUT2D eigenvalue weighted by atomic mass is 32.1. The number of hydrogen-bond acceptors (Lipinski definition) is 3. The normalized spacial score (nSPS) is 18.8. The zero-order chi connectivity index (χ0) is 18.8. The molecule has 2 saturated heterocycles. The van der Waals surface area contributed by atoms with Gasteiger partial charge in [-0.1, -0.05) is 12.1 Å². The van der Waals surface area contributed by atoms with E-state index in [1.807, 2.05) is 21.9 Å². The van der Waals surface area contributed by atoms with Crippen LogP contribution < -0.4 is 0 Å². The fourth-order valence-electron chi connectivity index (χ4n) is 3.97. The number of piperidine rings is 2. The van der Waals surface area contributed by atoms with Gasteiger partial charge in [-0.25, -0.2) is 4.39 Å². The zero-order valence-electron chi connectivity index (χ0n) is 15.2. The van der Waals surface area contributed by atoms with Crippen LogP contribution in [0.1, 0.15) is 41.8 Å². The Balaban J connectivity index is 1.38. The van der Waals surface area contributed by atoms with Crippen LogP contribution >= 0.6 is 11.3 Å². The molecule has 3 heterocycles. The van der Waals surface area contributed by atoms with E-state index in [1.54, 1.807) is 12.1 Å². The van der Waals surface area contributed by atoms with Gasteiger partial charge in [0.15, 0.2) is 0 Å². The lowest BCUT2D eigenvalue weighted by molar-refractivity contribution is -0.136. The van der Waals surface area contributed by atoms with Crippen molar-refractivity contribution in [2.24, 2.45) is 0 Å². The third-order valence-electron chi connectivity index (χ3n) is 5.50. The average molecular weight is 386 g/mol. The molecule has 6 heteroatoms. The number of benzene rings is 1. The first-order chi connectivity index (χ1) is 13.1. The zero-order valence-corrected chi connectivity index (χ0v) is 16.0. The number of carbonyl (C=O) groups excluding carboxylic acids is 2. The Hall–Kier alpha value is -2.21. The number of likely N-dealkylation sites (tertiary alicyclic amines) is 2. The summed E-state index contributed by atoms with van der Waals surface area (Å²) in [6.45, 7) is 2.25. The Labute approximate surface area is 162 Å². The van der Waals surface area contributed by atoms with Gasteiger partial charge in [0, 0.05) is 37.0 Å². The fraction of sp³-hybridized carbons (Fsp3) is 0.429. The number of thiophene rings is 1. The molecule has 27 heavy (non-hydrogen) atoms. The molecule has 2 fully saturated rings. The molecule has 2 amide bonds. The number of halogens is 1. The second kappa shape index (κ2) is 7.80. The van der Waals surface area contributed by atoms with Crippen molar-refractivity contribution >= 4 is 23.2 Å². The summed E-state index contributed by atoms with van der Waals surface area (Å²) in [4.78, 5) is 30.6. The Morgan fingerprint density at radius 1 is 1.00 bits per heavy atom. The molecule has 2 aliphatic rings. The summed E-state index contributed by atoms with van der Waals surface area (Å²) in [7, 11) is 0. The summed E-state index contributed by atoms with van der Waals surface area (Å²) in [5.41, 5.74) is 0.919. The molecule has 1 aromatic heterocycles. The van der Waals surface area contributed by atoms with E-state index in [0.717, 1.165) is 42.7 Å². The molecule has 0 radical (unpaired) electrons.